The Kier molecular flexibility index (Phi) is 5.63. The standard InChI is InChI=1S/C18H25ClN2O4S/c1-13-11-21(12-14(2)25-13)26(23,24)10-9-20-17(22)18(7-8-18)15-3-5-16(19)6-4-15/h3-6,13-14H,7-12H2,1-2H3,(H,20,22). The van der Waals surface area contributed by atoms with Gasteiger partial charge in [-0.3, -0.25) is 4.79 Å². The quantitative estimate of drug-likeness (QED) is 0.791. The van der Waals surface area contributed by atoms with Crippen molar-refractivity contribution >= 4 is 27.5 Å². The molecule has 2 fully saturated rings. The van der Waals surface area contributed by atoms with Crippen molar-refractivity contribution in [3.8, 4) is 0 Å². The average molecular weight is 401 g/mol. The van der Waals surface area contributed by atoms with Crippen LogP contribution in [0.25, 0.3) is 0 Å². The SMILES string of the molecule is CC1CN(S(=O)(=O)CCNC(=O)C2(c3ccc(Cl)cc3)CC2)CC(C)O1. The van der Waals surface area contributed by atoms with Crippen molar-refractivity contribution in [3.05, 3.63) is 34.9 Å². The summed E-state index contributed by atoms with van der Waals surface area (Å²) < 4.78 is 32.1. The average Bonchev–Trinajstić information content (AvgIpc) is 3.36. The van der Waals surface area contributed by atoms with Crippen LogP contribution in [0.4, 0.5) is 0 Å². The number of ether oxygens (including phenoxy) is 1. The zero-order chi connectivity index (χ0) is 18.9. The molecule has 0 radical (unpaired) electrons. The Labute approximate surface area is 159 Å². The van der Waals surface area contributed by atoms with Crippen molar-refractivity contribution < 1.29 is 17.9 Å². The first kappa shape index (κ1) is 19.6. The molecule has 26 heavy (non-hydrogen) atoms. The van der Waals surface area contributed by atoms with Crippen LogP contribution in [0.15, 0.2) is 24.3 Å². The summed E-state index contributed by atoms with van der Waals surface area (Å²) >= 11 is 5.91. The molecule has 144 valence electrons. The largest absolute Gasteiger partial charge is 0.373 e. The number of hydrogen-bond donors (Lipinski definition) is 1. The molecule has 2 atom stereocenters. The second kappa shape index (κ2) is 7.46. The van der Waals surface area contributed by atoms with Gasteiger partial charge in [-0.15, -0.1) is 0 Å². The molecular formula is C18H25ClN2O4S. The highest BCUT2D eigenvalue weighted by molar-refractivity contribution is 7.89. The van der Waals surface area contributed by atoms with Gasteiger partial charge in [-0.25, -0.2) is 8.42 Å². The number of sulfonamides is 1. The number of nitrogens with one attached hydrogen (secondary N) is 1. The van der Waals surface area contributed by atoms with Crippen molar-refractivity contribution in [2.75, 3.05) is 25.4 Å². The Bertz CT molecular complexity index is 752. The second-order valence-electron chi connectivity index (χ2n) is 7.24. The number of amides is 1. The van der Waals surface area contributed by atoms with E-state index in [2.05, 4.69) is 5.32 Å². The van der Waals surface area contributed by atoms with E-state index >= 15 is 0 Å². The van der Waals surface area contributed by atoms with E-state index in [1.165, 1.54) is 4.31 Å². The van der Waals surface area contributed by atoms with Gasteiger partial charge in [-0.05, 0) is 44.4 Å². The first-order valence-electron chi connectivity index (χ1n) is 8.90. The fourth-order valence-corrected chi connectivity index (χ4v) is 5.11. The highest BCUT2D eigenvalue weighted by Gasteiger charge is 2.51. The number of nitrogens with zero attached hydrogens (tertiary/aromatic N) is 1. The lowest BCUT2D eigenvalue weighted by molar-refractivity contribution is -0.123. The van der Waals surface area contributed by atoms with Gasteiger partial charge >= 0.3 is 0 Å². The summed E-state index contributed by atoms with van der Waals surface area (Å²) in [5.74, 6) is -0.215. The molecule has 2 unspecified atom stereocenters. The maximum atomic E-state index is 12.6. The lowest BCUT2D eigenvalue weighted by Gasteiger charge is -2.34. The molecule has 1 aliphatic heterocycles. The minimum Gasteiger partial charge on any atom is -0.373 e. The van der Waals surface area contributed by atoms with Crippen LogP contribution < -0.4 is 5.32 Å². The zero-order valence-corrected chi connectivity index (χ0v) is 16.6. The topological polar surface area (TPSA) is 75.7 Å². The number of rotatable bonds is 6. The van der Waals surface area contributed by atoms with Gasteiger partial charge in [-0.2, -0.15) is 4.31 Å². The van der Waals surface area contributed by atoms with Gasteiger partial charge in [0.15, 0.2) is 0 Å². The first-order chi connectivity index (χ1) is 12.2. The van der Waals surface area contributed by atoms with E-state index in [0.29, 0.717) is 18.1 Å². The number of carbonyl (C=O) groups excluding carboxylic acids is 1. The lowest BCUT2D eigenvalue weighted by atomic mass is 9.95. The van der Waals surface area contributed by atoms with Crippen LogP contribution in [0.2, 0.25) is 5.02 Å². The minimum absolute atomic E-state index is 0.102. The van der Waals surface area contributed by atoms with Crippen LogP contribution in [0, 0.1) is 0 Å². The highest BCUT2D eigenvalue weighted by atomic mass is 35.5. The second-order valence-corrected chi connectivity index (χ2v) is 9.76. The minimum atomic E-state index is -3.42. The van der Waals surface area contributed by atoms with Gasteiger partial charge in [0.05, 0.1) is 23.4 Å². The first-order valence-corrected chi connectivity index (χ1v) is 10.9. The van der Waals surface area contributed by atoms with Gasteiger partial charge in [0.25, 0.3) is 0 Å². The summed E-state index contributed by atoms with van der Waals surface area (Å²) in [6.07, 6.45) is 1.29. The van der Waals surface area contributed by atoms with E-state index < -0.39 is 15.4 Å². The van der Waals surface area contributed by atoms with Crippen LogP contribution in [0.5, 0.6) is 0 Å². The van der Waals surface area contributed by atoms with E-state index in [1.807, 2.05) is 26.0 Å². The molecule has 1 heterocycles. The molecule has 1 aliphatic carbocycles. The van der Waals surface area contributed by atoms with Crippen LogP contribution in [-0.4, -0.2) is 56.2 Å². The number of benzene rings is 1. The van der Waals surface area contributed by atoms with Crippen molar-refractivity contribution in [1.82, 2.24) is 9.62 Å². The number of hydrogen-bond acceptors (Lipinski definition) is 4. The predicted molar refractivity (Wildman–Crippen MR) is 101 cm³/mol. The molecule has 0 aromatic heterocycles. The van der Waals surface area contributed by atoms with Gasteiger partial charge in [0, 0.05) is 24.7 Å². The Balaban J connectivity index is 1.56. The maximum absolute atomic E-state index is 12.6. The van der Waals surface area contributed by atoms with Crippen LogP contribution in [-0.2, 0) is 25.0 Å². The summed E-state index contributed by atoms with van der Waals surface area (Å²) in [6.45, 7) is 4.55. The molecule has 1 saturated carbocycles. The van der Waals surface area contributed by atoms with E-state index in [9.17, 15) is 13.2 Å². The molecule has 1 saturated heterocycles. The van der Waals surface area contributed by atoms with Gasteiger partial charge in [-0.1, -0.05) is 23.7 Å². The maximum Gasteiger partial charge on any atom is 0.230 e. The van der Waals surface area contributed by atoms with Crippen molar-refractivity contribution in [2.24, 2.45) is 0 Å². The molecule has 1 N–H and O–H groups in total. The summed E-state index contributed by atoms with van der Waals surface area (Å²) in [7, 11) is -3.42. The molecular weight excluding hydrogens is 376 g/mol. The third-order valence-corrected chi connectivity index (χ3v) is 7.06. The Hall–Kier alpha value is -1.15. The van der Waals surface area contributed by atoms with Crippen LogP contribution in [0.1, 0.15) is 32.3 Å². The third kappa shape index (κ3) is 4.22. The van der Waals surface area contributed by atoms with Gasteiger partial charge in [0.1, 0.15) is 0 Å². The molecule has 3 rings (SSSR count). The van der Waals surface area contributed by atoms with Crippen molar-refractivity contribution in [1.29, 1.82) is 0 Å². The van der Waals surface area contributed by atoms with Crippen molar-refractivity contribution in [3.63, 3.8) is 0 Å². The summed E-state index contributed by atoms with van der Waals surface area (Å²) in [4.78, 5) is 12.6. The summed E-state index contributed by atoms with van der Waals surface area (Å²) in [5, 5.41) is 3.44. The number of morpholine rings is 1. The smallest absolute Gasteiger partial charge is 0.230 e. The molecule has 1 aromatic carbocycles. The van der Waals surface area contributed by atoms with Crippen LogP contribution in [0.3, 0.4) is 0 Å². The van der Waals surface area contributed by atoms with Crippen LogP contribution >= 0.6 is 11.6 Å². The normalized spacial score (nSPS) is 25.7. The van der Waals surface area contributed by atoms with Gasteiger partial charge < -0.3 is 10.1 Å². The molecule has 0 spiro atoms. The van der Waals surface area contributed by atoms with E-state index in [1.54, 1.807) is 12.1 Å². The molecule has 6 nitrogen and oxygen atoms in total. The van der Waals surface area contributed by atoms with E-state index in [4.69, 9.17) is 16.3 Å². The fraction of sp³-hybridized carbons (Fsp3) is 0.611. The van der Waals surface area contributed by atoms with E-state index in [-0.39, 0.29) is 30.4 Å². The molecule has 1 aromatic rings. The Morgan fingerprint density at radius 3 is 2.35 bits per heavy atom. The predicted octanol–water partition coefficient (Wildman–Crippen LogP) is 1.93. The zero-order valence-electron chi connectivity index (χ0n) is 15.1. The van der Waals surface area contributed by atoms with Crippen molar-refractivity contribution in [2.45, 2.75) is 44.3 Å². The van der Waals surface area contributed by atoms with E-state index in [0.717, 1.165) is 18.4 Å². The monoisotopic (exact) mass is 400 g/mol. The lowest BCUT2D eigenvalue weighted by Crippen LogP contribution is -2.50. The Morgan fingerprint density at radius 2 is 1.81 bits per heavy atom. The highest BCUT2D eigenvalue weighted by Crippen LogP contribution is 2.48. The van der Waals surface area contributed by atoms with Gasteiger partial charge in [0.2, 0.25) is 15.9 Å². The number of halogens is 1. The molecule has 2 aliphatic rings. The molecule has 0 bridgehead atoms. The molecule has 1 amide bonds. The molecule has 8 heteroatoms. The summed E-state index contributed by atoms with van der Waals surface area (Å²) in [5.41, 5.74) is 0.397. The fourth-order valence-electron chi connectivity index (χ4n) is 3.49. The summed E-state index contributed by atoms with van der Waals surface area (Å²) in [6, 6.07) is 7.27. The number of carbonyl (C=O) groups is 1. The third-order valence-electron chi connectivity index (χ3n) is 5.01. The Morgan fingerprint density at radius 1 is 1.23 bits per heavy atom.